The van der Waals surface area contributed by atoms with Crippen LogP contribution in [0.25, 0.3) is 0 Å². The minimum absolute atomic E-state index is 0.0642. The molecule has 1 aromatic rings. The lowest BCUT2D eigenvalue weighted by atomic mass is 10.0. The van der Waals surface area contributed by atoms with Crippen molar-refractivity contribution in [3.05, 3.63) is 34.9 Å². The highest BCUT2D eigenvalue weighted by Crippen LogP contribution is 2.17. The summed E-state index contributed by atoms with van der Waals surface area (Å²) < 4.78 is 11.0. The molecule has 0 saturated heterocycles. The standard InChI is InChI=1S/C16H27NO2/c1-12(2)10-18-7-8-19-11-16(17)15-6-5-13(3)9-14(15)4/h5-6,9,12,16H,7-8,10-11,17H2,1-4H3. The molecule has 0 bridgehead atoms. The second-order valence-corrected chi connectivity index (χ2v) is 5.51. The van der Waals surface area contributed by atoms with Crippen molar-refractivity contribution >= 4 is 0 Å². The molecular weight excluding hydrogens is 238 g/mol. The SMILES string of the molecule is Cc1ccc(C(N)COCCOCC(C)C)c(C)c1. The lowest BCUT2D eigenvalue weighted by Crippen LogP contribution is -2.20. The van der Waals surface area contributed by atoms with Gasteiger partial charge in [0.2, 0.25) is 0 Å². The van der Waals surface area contributed by atoms with E-state index in [1.54, 1.807) is 0 Å². The van der Waals surface area contributed by atoms with Crippen molar-refractivity contribution in [1.82, 2.24) is 0 Å². The van der Waals surface area contributed by atoms with Crippen LogP contribution in [-0.2, 0) is 9.47 Å². The van der Waals surface area contributed by atoms with Gasteiger partial charge in [-0.15, -0.1) is 0 Å². The summed E-state index contributed by atoms with van der Waals surface area (Å²) in [6.07, 6.45) is 0. The Kier molecular flexibility index (Phi) is 7.06. The van der Waals surface area contributed by atoms with E-state index < -0.39 is 0 Å². The zero-order valence-electron chi connectivity index (χ0n) is 12.6. The van der Waals surface area contributed by atoms with Gasteiger partial charge in [0.25, 0.3) is 0 Å². The van der Waals surface area contributed by atoms with Crippen LogP contribution >= 0.6 is 0 Å². The summed E-state index contributed by atoms with van der Waals surface area (Å²) in [5.74, 6) is 0.567. The van der Waals surface area contributed by atoms with Crippen LogP contribution in [0.3, 0.4) is 0 Å². The third kappa shape index (κ3) is 6.19. The van der Waals surface area contributed by atoms with Crippen LogP contribution in [0.4, 0.5) is 0 Å². The molecule has 0 aromatic heterocycles. The molecule has 0 radical (unpaired) electrons. The fraction of sp³-hybridized carbons (Fsp3) is 0.625. The Morgan fingerprint density at radius 2 is 1.68 bits per heavy atom. The van der Waals surface area contributed by atoms with Crippen molar-refractivity contribution in [2.24, 2.45) is 11.7 Å². The third-order valence-electron chi connectivity index (χ3n) is 2.95. The van der Waals surface area contributed by atoms with Crippen LogP contribution in [-0.4, -0.2) is 26.4 Å². The molecule has 2 N–H and O–H groups in total. The number of nitrogens with two attached hydrogens (primary N) is 1. The molecule has 1 rings (SSSR count). The normalized spacial score (nSPS) is 12.9. The first-order chi connectivity index (χ1) is 9.00. The van der Waals surface area contributed by atoms with Crippen molar-refractivity contribution in [3.63, 3.8) is 0 Å². The van der Waals surface area contributed by atoms with Gasteiger partial charge in [0.05, 0.1) is 25.9 Å². The van der Waals surface area contributed by atoms with Gasteiger partial charge >= 0.3 is 0 Å². The van der Waals surface area contributed by atoms with Crippen LogP contribution < -0.4 is 5.73 Å². The lowest BCUT2D eigenvalue weighted by molar-refractivity contribution is 0.0333. The summed E-state index contributed by atoms with van der Waals surface area (Å²) in [6.45, 7) is 11.0. The summed E-state index contributed by atoms with van der Waals surface area (Å²) in [6, 6.07) is 6.27. The summed E-state index contributed by atoms with van der Waals surface area (Å²) in [5.41, 5.74) is 9.79. The Morgan fingerprint density at radius 3 is 2.26 bits per heavy atom. The highest BCUT2D eigenvalue weighted by atomic mass is 16.5. The van der Waals surface area contributed by atoms with Crippen LogP contribution in [0, 0.1) is 19.8 Å². The topological polar surface area (TPSA) is 44.5 Å². The molecule has 0 saturated carbocycles. The van der Waals surface area contributed by atoms with Crippen LogP contribution in [0.2, 0.25) is 0 Å². The van der Waals surface area contributed by atoms with Crippen molar-refractivity contribution in [1.29, 1.82) is 0 Å². The Bertz CT molecular complexity index is 377. The Morgan fingerprint density at radius 1 is 1.05 bits per heavy atom. The second-order valence-electron chi connectivity index (χ2n) is 5.51. The molecule has 1 unspecified atom stereocenters. The molecule has 0 spiro atoms. The minimum Gasteiger partial charge on any atom is -0.379 e. The quantitative estimate of drug-likeness (QED) is 0.735. The van der Waals surface area contributed by atoms with Gasteiger partial charge in [0, 0.05) is 6.61 Å². The van der Waals surface area contributed by atoms with Gasteiger partial charge in [-0.25, -0.2) is 0 Å². The first-order valence-electron chi connectivity index (χ1n) is 6.99. The molecule has 0 heterocycles. The number of hydrogen-bond donors (Lipinski definition) is 1. The molecule has 108 valence electrons. The van der Waals surface area contributed by atoms with Gasteiger partial charge in [-0.1, -0.05) is 37.6 Å². The summed E-state index contributed by atoms with van der Waals surface area (Å²) in [4.78, 5) is 0. The van der Waals surface area contributed by atoms with E-state index in [9.17, 15) is 0 Å². The zero-order valence-corrected chi connectivity index (χ0v) is 12.6. The molecule has 1 aromatic carbocycles. The van der Waals surface area contributed by atoms with E-state index in [1.165, 1.54) is 11.1 Å². The van der Waals surface area contributed by atoms with Crippen LogP contribution in [0.15, 0.2) is 18.2 Å². The number of rotatable bonds is 8. The molecule has 0 fully saturated rings. The number of hydrogen-bond acceptors (Lipinski definition) is 3. The number of benzene rings is 1. The molecule has 19 heavy (non-hydrogen) atoms. The predicted molar refractivity (Wildman–Crippen MR) is 79.3 cm³/mol. The van der Waals surface area contributed by atoms with Crippen LogP contribution in [0.1, 0.15) is 36.6 Å². The first kappa shape index (κ1) is 16.2. The zero-order chi connectivity index (χ0) is 14.3. The first-order valence-corrected chi connectivity index (χ1v) is 6.99. The average Bonchev–Trinajstić information content (AvgIpc) is 2.32. The van der Waals surface area contributed by atoms with Crippen LogP contribution in [0.5, 0.6) is 0 Å². The molecule has 0 aliphatic carbocycles. The maximum atomic E-state index is 6.14. The van der Waals surface area contributed by atoms with Crippen molar-refractivity contribution < 1.29 is 9.47 Å². The smallest absolute Gasteiger partial charge is 0.0701 e. The summed E-state index contributed by atoms with van der Waals surface area (Å²) in [5, 5.41) is 0. The van der Waals surface area contributed by atoms with Crippen molar-refractivity contribution in [2.45, 2.75) is 33.7 Å². The van der Waals surface area contributed by atoms with Gasteiger partial charge in [-0.05, 0) is 30.9 Å². The minimum atomic E-state index is -0.0642. The van der Waals surface area contributed by atoms with Gasteiger partial charge in [0.1, 0.15) is 0 Å². The average molecular weight is 265 g/mol. The van der Waals surface area contributed by atoms with E-state index in [0.717, 1.165) is 12.2 Å². The van der Waals surface area contributed by atoms with Crippen molar-refractivity contribution in [3.8, 4) is 0 Å². The summed E-state index contributed by atoms with van der Waals surface area (Å²) >= 11 is 0. The van der Waals surface area contributed by atoms with E-state index in [0.29, 0.717) is 25.7 Å². The molecule has 3 nitrogen and oxygen atoms in total. The Balaban J connectivity index is 2.25. The van der Waals surface area contributed by atoms with E-state index in [4.69, 9.17) is 15.2 Å². The van der Waals surface area contributed by atoms with Crippen molar-refractivity contribution in [2.75, 3.05) is 26.4 Å². The Labute approximate surface area is 117 Å². The highest BCUT2D eigenvalue weighted by Gasteiger charge is 2.09. The molecular formula is C16H27NO2. The van der Waals surface area contributed by atoms with E-state index in [1.807, 2.05) is 0 Å². The molecule has 0 aliphatic rings. The van der Waals surface area contributed by atoms with E-state index in [-0.39, 0.29) is 6.04 Å². The summed E-state index contributed by atoms with van der Waals surface area (Å²) in [7, 11) is 0. The van der Waals surface area contributed by atoms with Gasteiger partial charge in [-0.3, -0.25) is 0 Å². The van der Waals surface area contributed by atoms with E-state index in [2.05, 4.69) is 45.9 Å². The second kappa shape index (κ2) is 8.31. The van der Waals surface area contributed by atoms with Gasteiger partial charge in [0.15, 0.2) is 0 Å². The third-order valence-corrected chi connectivity index (χ3v) is 2.95. The van der Waals surface area contributed by atoms with Gasteiger partial charge < -0.3 is 15.2 Å². The maximum absolute atomic E-state index is 6.14. The Hall–Kier alpha value is -0.900. The molecule has 1 atom stereocenters. The fourth-order valence-electron chi connectivity index (χ4n) is 1.98. The largest absolute Gasteiger partial charge is 0.379 e. The van der Waals surface area contributed by atoms with Gasteiger partial charge in [-0.2, -0.15) is 0 Å². The lowest BCUT2D eigenvalue weighted by Gasteiger charge is -2.16. The van der Waals surface area contributed by atoms with E-state index >= 15 is 0 Å². The fourth-order valence-corrected chi connectivity index (χ4v) is 1.98. The molecule has 0 amide bonds. The number of ether oxygens (including phenoxy) is 2. The highest BCUT2D eigenvalue weighted by molar-refractivity contribution is 5.32. The molecule has 0 aliphatic heterocycles. The monoisotopic (exact) mass is 265 g/mol. The number of aryl methyl sites for hydroxylation is 2. The molecule has 3 heteroatoms. The predicted octanol–water partition coefficient (Wildman–Crippen LogP) is 2.99. The maximum Gasteiger partial charge on any atom is 0.0701 e.